The van der Waals surface area contributed by atoms with Gasteiger partial charge in [-0.05, 0) is 46.7 Å². The Morgan fingerprint density at radius 1 is 1.14 bits per heavy atom. The molecule has 112 valence electrons. The minimum Gasteiger partial charge on any atom is -0.372 e. The molecule has 2 aromatic rings. The molecule has 0 aliphatic heterocycles. The van der Waals surface area contributed by atoms with Gasteiger partial charge in [0, 0.05) is 19.5 Å². The average molecular weight is 403 g/mol. The minimum absolute atomic E-state index is 0.303. The fourth-order valence-electron chi connectivity index (χ4n) is 2.09. The van der Waals surface area contributed by atoms with Crippen LogP contribution in [-0.4, -0.2) is 17.0 Å². The van der Waals surface area contributed by atoms with Crippen LogP contribution in [0.4, 0.5) is 14.6 Å². The fourth-order valence-corrected chi connectivity index (χ4v) is 2.87. The number of rotatable bonds is 5. The van der Waals surface area contributed by atoms with Crippen LogP contribution >= 0.6 is 22.6 Å². The predicted octanol–water partition coefficient (Wildman–Crippen LogP) is 3.94. The molecule has 6 heteroatoms. The Bertz CT molecular complexity index is 627. The second kappa shape index (κ2) is 7.11. The lowest BCUT2D eigenvalue weighted by Gasteiger charge is -2.11. The van der Waals surface area contributed by atoms with Gasteiger partial charge in [0.05, 0.1) is 9.26 Å². The monoisotopic (exact) mass is 403 g/mol. The van der Waals surface area contributed by atoms with Crippen LogP contribution in [0.3, 0.4) is 0 Å². The normalized spacial score (nSPS) is 10.7. The van der Waals surface area contributed by atoms with E-state index >= 15 is 0 Å². The van der Waals surface area contributed by atoms with Crippen LogP contribution in [-0.2, 0) is 12.8 Å². The summed E-state index contributed by atoms with van der Waals surface area (Å²) in [5, 5.41) is 3.04. The second-order valence-corrected chi connectivity index (χ2v) is 5.78. The number of halogens is 3. The van der Waals surface area contributed by atoms with Gasteiger partial charge in [0.2, 0.25) is 0 Å². The molecule has 0 bridgehead atoms. The molecule has 0 aliphatic rings. The highest BCUT2D eigenvalue weighted by molar-refractivity contribution is 14.1. The van der Waals surface area contributed by atoms with Gasteiger partial charge in [-0.25, -0.2) is 18.7 Å². The first-order chi connectivity index (χ1) is 10.0. The maximum Gasteiger partial charge on any atom is 0.143 e. The Morgan fingerprint density at radius 3 is 2.38 bits per heavy atom. The Morgan fingerprint density at radius 2 is 1.81 bits per heavy atom. The van der Waals surface area contributed by atoms with Crippen molar-refractivity contribution in [3.8, 4) is 0 Å². The standard InChI is InChI=1S/C15H16F2IN3/c1-3-4-12-14(18)15(19-2)21-13(20-12)7-9-5-10(16)8-11(17)6-9/h5-6,8H,3-4,7H2,1-2H3,(H,19,20,21). The first-order valence-electron chi connectivity index (χ1n) is 6.71. The maximum atomic E-state index is 13.2. The topological polar surface area (TPSA) is 37.8 Å². The molecule has 0 saturated carbocycles. The van der Waals surface area contributed by atoms with E-state index in [-0.39, 0.29) is 0 Å². The predicted molar refractivity (Wildman–Crippen MR) is 87.5 cm³/mol. The average Bonchev–Trinajstić information content (AvgIpc) is 2.41. The van der Waals surface area contributed by atoms with Gasteiger partial charge in [-0.15, -0.1) is 0 Å². The zero-order valence-electron chi connectivity index (χ0n) is 11.9. The van der Waals surface area contributed by atoms with E-state index in [0.29, 0.717) is 17.8 Å². The molecule has 0 fully saturated rings. The molecule has 3 nitrogen and oxygen atoms in total. The molecule has 0 atom stereocenters. The molecule has 1 aromatic carbocycles. The van der Waals surface area contributed by atoms with Gasteiger partial charge < -0.3 is 5.32 Å². The van der Waals surface area contributed by atoms with Crippen LogP contribution in [0.1, 0.15) is 30.4 Å². The van der Waals surface area contributed by atoms with Crippen molar-refractivity contribution in [2.24, 2.45) is 0 Å². The fraction of sp³-hybridized carbons (Fsp3) is 0.333. The lowest BCUT2D eigenvalue weighted by atomic mass is 10.1. The Balaban J connectivity index is 2.36. The van der Waals surface area contributed by atoms with E-state index in [2.05, 4.69) is 44.8 Å². The molecule has 0 spiro atoms. The number of benzene rings is 1. The van der Waals surface area contributed by atoms with Crippen LogP contribution in [0.25, 0.3) is 0 Å². The lowest BCUT2D eigenvalue weighted by molar-refractivity contribution is 0.580. The van der Waals surface area contributed by atoms with Crippen molar-refractivity contribution >= 4 is 28.4 Å². The minimum atomic E-state index is -0.585. The van der Waals surface area contributed by atoms with Crippen LogP contribution in [0, 0.1) is 15.2 Å². The van der Waals surface area contributed by atoms with E-state index in [0.717, 1.165) is 34.0 Å². The molecule has 0 aliphatic carbocycles. The van der Waals surface area contributed by atoms with Crippen LogP contribution in [0.2, 0.25) is 0 Å². The third kappa shape index (κ3) is 4.09. The Kier molecular flexibility index (Phi) is 5.44. The quantitative estimate of drug-likeness (QED) is 0.769. The summed E-state index contributed by atoms with van der Waals surface area (Å²) in [7, 11) is 1.80. The Hall–Kier alpha value is -1.31. The number of aryl methyl sites for hydroxylation is 1. The molecule has 2 rings (SSSR count). The SMILES string of the molecule is CCCc1nc(Cc2cc(F)cc(F)c2)nc(NC)c1I. The van der Waals surface area contributed by atoms with E-state index < -0.39 is 11.6 Å². The molecular weight excluding hydrogens is 387 g/mol. The van der Waals surface area contributed by atoms with E-state index in [1.807, 2.05) is 0 Å². The van der Waals surface area contributed by atoms with Gasteiger partial charge in [-0.2, -0.15) is 0 Å². The smallest absolute Gasteiger partial charge is 0.143 e. The van der Waals surface area contributed by atoms with E-state index in [1.54, 1.807) is 7.05 Å². The van der Waals surface area contributed by atoms with E-state index in [9.17, 15) is 8.78 Å². The summed E-state index contributed by atoms with van der Waals surface area (Å²) in [6, 6.07) is 3.48. The molecule has 0 saturated heterocycles. The maximum absolute atomic E-state index is 13.2. The molecule has 1 N–H and O–H groups in total. The number of nitrogens with one attached hydrogen (secondary N) is 1. The van der Waals surface area contributed by atoms with Crippen LogP contribution in [0.5, 0.6) is 0 Å². The molecule has 1 heterocycles. The number of aromatic nitrogens is 2. The van der Waals surface area contributed by atoms with Gasteiger partial charge >= 0.3 is 0 Å². The van der Waals surface area contributed by atoms with Gasteiger partial charge in [-0.3, -0.25) is 0 Å². The zero-order valence-corrected chi connectivity index (χ0v) is 14.0. The number of nitrogens with zero attached hydrogens (tertiary/aromatic N) is 2. The molecule has 21 heavy (non-hydrogen) atoms. The number of anilines is 1. The molecule has 0 radical (unpaired) electrons. The van der Waals surface area contributed by atoms with Crippen LogP contribution < -0.4 is 5.32 Å². The summed E-state index contributed by atoms with van der Waals surface area (Å²) in [6.45, 7) is 2.08. The Labute approximate surface area is 136 Å². The molecular formula is C15H16F2IN3. The third-order valence-electron chi connectivity index (χ3n) is 2.97. The highest BCUT2D eigenvalue weighted by atomic mass is 127. The zero-order chi connectivity index (χ0) is 15.4. The third-order valence-corrected chi connectivity index (χ3v) is 4.11. The van der Waals surface area contributed by atoms with E-state index in [1.165, 1.54) is 12.1 Å². The number of hydrogen-bond acceptors (Lipinski definition) is 3. The van der Waals surface area contributed by atoms with Crippen LogP contribution in [0.15, 0.2) is 18.2 Å². The van der Waals surface area contributed by atoms with Crippen molar-refractivity contribution in [2.75, 3.05) is 12.4 Å². The summed E-state index contributed by atoms with van der Waals surface area (Å²) in [5.41, 5.74) is 1.49. The van der Waals surface area contributed by atoms with Gasteiger partial charge in [0.25, 0.3) is 0 Å². The second-order valence-electron chi connectivity index (χ2n) is 4.70. The lowest BCUT2D eigenvalue weighted by Crippen LogP contribution is -2.08. The highest BCUT2D eigenvalue weighted by Gasteiger charge is 2.12. The van der Waals surface area contributed by atoms with Gasteiger partial charge in [-0.1, -0.05) is 13.3 Å². The summed E-state index contributed by atoms with van der Waals surface area (Å²) in [5.74, 6) is 0.144. The summed E-state index contributed by atoms with van der Waals surface area (Å²) < 4.78 is 27.5. The van der Waals surface area contributed by atoms with Crippen molar-refractivity contribution in [1.82, 2.24) is 9.97 Å². The van der Waals surface area contributed by atoms with Gasteiger partial charge in [0.1, 0.15) is 23.3 Å². The van der Waals surface area contributed by atoms with Gasteiger partial charge in [0.15, 0.2) is 0 Å². The summed E-state index contributed by atoms with van der Waals surface area (Å²) >= 11 is 2.22. The summed E-state index contributed by atoms with van der Waals surface area (Å²) in [4.78, 5) is 8.94. The first kappa shape index (κ1) is 16.1. The molecule has 1 aromatic heterocycles. The molecule has 0 amide bonds. The van der Waals surface area contributed by atoms with Crippen molar-refractivity contribution < 1.29 is 8.78 Å². The van der Waals surface area contributed by atoms with Crippen molar-refractivity contribution in [1.29, 1.82) is 0 Å². The van der Waals surface area contributed by atoms with Crippen molar-refractivity contribution in [3.05, 3.63) is 50.5 Å². The van der Waals surface area contributed by atoms with Crippen molar-refractivity contribution in [3.63, 3.8) is 0 Å². The number of hydrogen-bond donors (Lipinski definition) is 1. The largest absolute Gasteiger partial charge is 0.372 e. The summed E-state index contributed by atoms with van der Waals surface area (Å²) in [6.07, 6.45) is 2.13. The highest BCUT2D eigenvalue weighted by Crippen LogP contribution is 2.21. The van der Waals surface area contributed by atoms with E-state index in [4.69, 9.17) is 0 Å². The molecule has 0 unspecified atom stereocenters. The first-order valence-corrected chi connectivity index (χ1v) is 7.79. The van der Waals surface area contributed by atoms with Crippen molar-refractivity contribution in [2.45, 2.75) is 26.2 Å².